The minimum absolute atomic E-state index is 0.0679. The molecule has 2 aromatic carbocycles. The van der Waals surface area contributed by atoms with Crippen LogP contribution >= 0.6 is 0 Å². The van der Waals surface area contributed by atoms with Crippen molar-refractivity contribution in [2.45, 2.75) is 18.5 Å². The van der Waals surface area contributed by atoms with Crippen LogP contribution in [0.15, 0.2) is 42.5 Å². The number of anilines is 1. The highest BCUT2D eigenvalue weighted by Gasteiger charge is 2.43. The molecule has 0 spiro atoms. The van der Waals surface area contributed by atoms with Gasteiger partial charge >= 0.3 is 24.1 Å². The molecule has 0 saturated carbocycles. The molecule has 2 aromatic rings. The molecule has 0 amide bonds. The van der Waals surface area contributed by atoms with E-state index in [1.54, 1.807) is 42.5 Å². The highest BCUT2D eigenvalue weighted by atomic mass is 19.4. The van der Waals surface area contributed by atoms with Crippen LogP contribution in [-0.2, 0) is 19.1 Å². The largest absolute Gasteiger partial charge is 0.492 e. The number of ether oxygens (including phenoxy) is 4. The lowest BCUT2D eigenvalue weighted by Crippen LogP contribution is -2.28. The maximum atomic E-state index is 12.2. The molecule has 1 aliphatic heterocycles. The number of hydrogen-bond donors (Lipinski definition) is 0. The van der Waals surface area contributed by atoms with E-state index in [1.165, 1.54) is 7.11 Å². The normalized spacial score (nSPS) is 14.6. The Kier molecular flexibility index (Phi) is 7.64. The van der Waals surface area contributed by atoms with Gasteiger partial charge in [0.15, 0.2) is 0 Å². The molecule has 182 valence electrons. The van der Waals surface area contributed by atoms with Gasteiger partial charge in [-0.25, -0.2) is 9.59 Å². The van der Waals surface area contributed by atoms with Crippen molar-refractivity contribution in [1.29, 1.82) is 0 Å². The van der Waals surface area contributed by atoms with Gasteiger partial charge < -0.3 is 23.8 Å². The van der Waals surface area contributed by atoms with E-state index < -0.39 is 36.4 Å². The maximum absolute atomic E-state index is 12.2. The Morgan fingerprint density at radius 2 is 1.82 bits per heavy atom. The first kappa shape index (κ1) is 24.9. The molecule has 0 fully saturated rings. The molecule has 0 saturated heterocycles. The summed E-state index contributed by atoms with van der Waals surface area (Å²) in [6.07, 6.45) is -5.65. The highest BCUT2D eigenvalue weighted by Crippen LogP contribution is 2.38. The summed E-state index contributed by atoms with van der Waals surface area (Å²) in [6, 6.07) is 11.9. The van der Waals surface area contributed by atoms with Gasteiger partial charge in [-0.15, -0.1) is 0 Å². The van der Waals surface area contributed by atoms with Crippen molar-refractivity contribution in [2.24, 2.45) is 0 Å². The van der Waals surface area contributed by atoms with E-state index in [2.05, 4.69) is 9.47 Å². The molecule has 0 N–H and O–H groups in total. The van der Waals surface area contributed by atoms with Crippen molar-refractivity contribution in [3.8, 4) is 11.5 Å². The average Bonchev–Trinajstić information content (AvgIpc) is 3.19. The Morgan fingerprint density at radius 3 is 2.47 bits per heavy atom. The zero-order valence-electron chi connectivity index (χ0n) is 18.4. The molecule has 0 radical (unpaired) electrons. The first-order valence-corrected chi connectivity index (χ1v) is 10.2. The van der Waals surface area contributed by atoms with Crippen LogP contribution < -0.4 is 14.4 Å². The molecule has 3 rings (SSSR count). The first-order chi connectivity index (χ1) is 16.1. The Balaban J connectivity index is 1.50. The molecule has 8 nitrogen and oxygen atoms in total. The second kappa shape index (κ2) is 10.4. The summed E-state index contributed by atoms with van der Waals surface area (Å²) in [5.41, 5.74) is 1.95. The van der Waals surface area contributed by atoms with Crippen LogP contribution in [0.3, 0.4) is 0 Å². The maximum Gasteiger partial charge on any atom is 0.491 e. The van der Waals surface area contributed by atoms with E-state index in [1.807, 2.05) is 11.9 Å². The van der Waals surface area contributed by atoms with Gasteiger partial charge in [0.1, 0.15) is 18.1 Å². The third-order valence-corrected chi connectivity index (χ3v) is 5.14. The summed E-state index contributed by atoms with van der Waals surface area (Å²) >= 11 is 0. The lowest BCUT2D eigenvalue weighted by atomic mass is 9.98. The number of halogens is 3. The standard InChI is InChI=1S/C23H22F3NO7/c1-27(16-5-3-14(4-6-16)21(29)31-2)9-10-32-17-7-8-18-15(13-33-19(18)12-17)11-20(28)34-22(30)23(24,25)26/h3-8,12,15H,9-11,13H2,1-2H3. The van der Waals surface area contributed by atoms with E-state index >= 15 is 0 Å². The molecular weight excluding hydrogens is 459 g/mol. The number of hydrogen-bond acceptors (Lipinski definition) is 8. The summed E-state index contributed by atoms with van der Waals surface area (Å²) < 4.78 is 56.5. The van der Waals surface area contributed by atoms with Gasteiger partial charge in [0.05, 0.1) is 32.2 Å². The fourth-order valence-corrected chi connectivity index (χ4v) is 3.32. The van der Waals surface area contributed by atoms with Crippen LogP contribution in [0.4, 0.5) is 18.9 Å². The monoisotopic (exact) mass is 481 g/mol. The lowest BCUT2D eigenvalue weighted by Gasteiger charge is -2.20. The van der Waals surface area contributed by atoms with Gasteiger partial charge in [0.2, 0.25) is 0 Å². The summed E-state index contributed by atoms with van der Waals surface area (Å²) in [5.74, 6) is -3.79. The third-order valence-electron chi connectivity index (χ3n) is 5.14. The summed E-state index contributed by atoms with van der Waals surface area (Å²) in [5, 5.41) is 0. The van der Waals surface area contributed by atoms with Crippen LogP contribution in [0.2, 0.25) is 0 Å². The van der Waals surface area contributed by atoms with Gasteiger partial charge in [-0.1, -0.05) is 6.07 Å². The van der Waals surface area contributed by atoms with Crippen LogP contribution in [0.1, 0.15) is 28.3 Å². The third kappa shape index (κ3) is 6.18. The number of alkyl halides is 3. The average molecular weight is 481 g/mol. The van der Waals surface area contributed by atoms with Crippen molar-refractivity contribution < 1.29 is 46.5 Å². The van der Waals surface area contributed by atoms with Crippen molar-refractivity contribution >= 4 is 23.6 Å². The number of rotatable bonds is 8. The lowest BCUT2D eigenvalue weighted by molar-refractivity contribution is -0.202. The zero-order valence-corrected chi connectivity index (χ0v) is 18.4. The highest BCUT2D eigenvalue weighted by molar-refractivity contribution is 5.90. The summed E-state index contributed by atoms with van der Waals surface area (Å²) in [4.78, 5) is 35.9. The van der Waals surface area contributed by atoms with E-state index in [0.717, 1.165) is 5.69 Å². The van der Waals surface area contributed by atoms with Crippen molar-refractivity contribution in [3.63, 3.8) is 0 Å². The Labute approximate surface area is 193 Å². The van der Waals surface area contributed by atoms with Crippen LogP contribution in [0, 0.1) is 0 Å². The predicted octanol–water partition coefficient (Wildman–Crippen LogP) is 3.49. The number of carbonyl (C=O) groups is 3. The number of likely N-dealkylation sites (N-methyl/N-ethyl adjacent to an activating group) is 1. The van der Waals surface area contributed by atoms with Gasteiger partial charge in [-0.2, -0.15) is 13.2 Å². The van der Waals surface area contributed by atoms with E-state index in [0.29, 0.717) is 35.8 Å². The number of carbonyl (C=O) groups excluding carboxylic acids is 3. The molecule has 11 heteroatoms. The van der Waals surface area contributed by atoms with Gasteiger partial charge in [0.25, 0.3) is 0 Å². The van der Waals surface area contributed by atoms with Crippen molar-refractivity contribution in [1.82, 2.24) is 0 Å². The molecular formula is C23H22F3NO7. The fourth-order valence-electron chi connectivity index (χ4n) is 3.32. The molecule has 0 aromatic heterocycles. The summed E-state index contributed by atoms with van der Waals surface area (Å²) in [7, 11) is 3.19. The van der Waals surface area contributed by atoms with Crippen LogP contribution in [0.25, 0.3) is 0 Å². The second-order valence-corrected chi connectivity index (χ2v) is 7.48. The Morgan fingerprint density at radius 1 is 1.12 bits per heavy atom. The van der Waals surface area contributed by atoms with Crippen LogP contribution in [-0.4, -0.2) is 58.0 Å². The molecule has 1 heterocycles. The van der Waals surface area contributed by atoms with E-state index in [9.17, 15) is 27.6 Å². The molecule has 1 aliphatic rings. The number of methoxy groups -OCH3 is 1. The number of nitrogens with zero attached hydrogens (tertiary/aromatic N) is 1. The van der Waals surface area contributed by atoms with Crippen molar-refractivity contribution in [3.05, 3.63) is 53.6 Å². The molecule has 0 aliphatic carbocycles. The molecule has 34 heavy (non-hydrogen) atoms. The molecule has 1 atom stereocenters. The van der Waals surface area contributed by atoms with Gasteiger partial charge in [0, 0.05) is 30.3 Å². The zero-order chi connectivity index (χ0) is 24.9. The second-order valence-electron chi connectivity index (χ2n) is 7.48. The SMILES string of the molecule is COC(=O)c1ccc(N(C)CCOc2ccc3c(c2)OCC3CC(=O)OC(=O)C(F)(F)F)cc1. The predicted molar refractivity (Wildman–Crippen MR) is 113 cm³/mol. The number of fused-ring (bicyclic) bond motifs is 1. The Hall–Kier alpha value is -3.76. The van der Waals surface area contributed by atoms with Gasteiger partial charge in [-0.3, -0.25) is 4.79 Å². The Bertz CT molecular complexity index is 1050. The summed E-state index contributed by atoms with van der Waals surface area (Å²) in [6.45, 7) is 0.943. The number of benzene rings is 2. The quantitative estimate of drug-likeness (QED) is 0.418. The smallest absolute Gasteiger partial charge is 0.491 e. The minimum atomic E-state index is -5.23. The van der Waals surface area contributed by atoms with Crippen molar-refractivity contribution in [2.75, 3.05) is 38.8 Å². The van der Waals surface area contributed by atoms with E-state index in [-0.39, 0.29) is 6.61 Å². The number of esters is 3. The first-order valence-electron chi connectivity index (χ1n) is 10.2. The van der Waals surface area contributed by atoms with Gasteiger partial charge in [-0.05, 0) is 30.3 Å². The van der Waals surface area contributed by atoms with Crippen LogP contribution in [0.5, 0.6) is 11.5 Å². The van der Waals surface area contributed by atoms with E-state index in [4.69, 9.17) is 9.47 Å². The minimum Gasteiger partial charge on any atom is -0.492 e. The topological polar surface area (TPSA) is 91.4 Å². The molecule has 0 bridgehead atoms. The molecule has 1 unspecified atom stereocenters. The fraction of sp³-hybridized carbons (Fsp3) is 0.348.